The van der Waals surface area contributed by atoms with Crippen LogP contribution in [0.1, 0.15) is 45.2 Å². The molecule has 0 spiro atoms. The second-order valence-electron chi connectivity index (χ2n) is 6.17. The van der Waals surface area contributed by atoms with Gasteiger partial charge in [-0.15, -0.1) is 0 Å². The summed E-state index contributed by atoms with van der Waals surface area (Å²) in [6.45, 7) is 8.61. The van der Waals surface area contributed by atoms with Crippen LogP contribution in [-0.4, -0.2) is 32.3 Å². The van der Waals surface area contributed by atoms with Gasteiger partial charge in [-0.25, -0.2) is 4.98 Å². The highest BCUT2D eigenvalue weighted by molar-refractivity contribution is 6.00. The minimum atomic E-state index is 0.793. The van der Waals surface area contributed by atoms with Crippen molar-refractivity contribution in [2.75, 3.05) is 32.2 Å². The molecular formula is C20H30N2O2. The van der Waals surface area contributed by atoms with Crippen molar-refractivity contribution < 1.29 is 9.47 Å². The Morgan fingerprint density at radius 1 is 0.958 bits per heavy atom. The molecule has 0 radical (unpaired) electrons. The van der Waals surface area contributed by atoms with Crippen LogP contribution in [0.4, 0.5) is 5.69 Å². The van der Waals surface area contributed by atoms with Crippen LogP contribution in [0.3, 0.4) is 0 Å². The molecule has 1 aromatic carbocycles. The lowest BCUT2D eigenvalue weighted by Crippen LogP contribution is -2.26. The standard InChI is InChI=1S/C20H30N2O2/c1-6-8-12-22(13-9-7-2)16-14-15(3)21-20-18(24-5)11-10-17(23-4)19(16)20/h10-11,14H,6-9,12-13H2,1-5H3. The Labute approximate surface area is 145 Å². The quantitative estimate of drug-likeness (QED) is 0.650. The first kappa shape index (κ1) is 18.4. The number of ether oxygens (including phenoxy) is 2. The zero-order valence-corrected chi connectivity index (χ0v) is 15.7. The lowest BCUT2D eigenvalue weighted by atomic mass is 10.1. The lowest BCUT2D eigenvalue weighted by Gasteiger charge is -2.27. The van der Waals surface area contributed by atoms with Crippen molar-refractivity contribution in [1.29, 1.82) is 0 Å². The van der Waals surface area contributed by atoms with Gasteiger partial charge >= 0.3 is 0 Å². The van der Waals surface area contributed by atoms with Crippen molar-refractivity contribution in [3.8, 4) is 11.5 Å². The van der Waals surface area contributed by atoms with E-state index in [1.807, 2.05) is 19.1 Å². The second-order valence-corrected chi connectivity index (χ2v) is 6.17. The van der Waals surface area contributed by atoms with Crippen molar-refractivity contribution in [2.24, 2.45) is 0 Å². The number of hydrogen-bond acceptors (Lipinski definition) is 4. The van der Waals surface area contributed by atoms with Gasteiger partial charge in [-0.1, -0.05) is 26.7 Å². The third-order valence-electron chi connectivity index (χ3n) is 4.34. The van der Waals surface area contributed by atoms with E-state index in [0.29, 0.717) is 0 Å². The fourth-order valence-electron chi connectivity index (χ4n) is 3.03. The number of aromatic nitrogens is 1. The van der Waals surface area contributed by atoms with Crippen molar-refractivity contribution in [3.63, 3.8) is 0 Å². The average molecular weight is 330 g/mol. The van der Waals surface area contributed by atoms with Crippen molar-refractivity contribution in [1.82, 2.24) is 4.98 Å². The molecule has 24 heavy (non-hydrogen) atoms. The van der Waals surface area contributed by atoms with Gasteiger partial charge in [0.2, 0.25) is 0 Å². The van der Waals surface area contributed by atoms with E-state index in [2.05, 4.69) is 24.8 Å². The molecule has 0 aliphatic carbocycles. The Morgan fingerprint density at radius 3 is 2.08 bits per heavy atom. The number of pyridine rings is 1. The molecule has 0 fully saturated rings. The summed E-state index contributed by atoms with van der Waals surface area (Å²) in [6, 6.07) is 6.08. The van der Waals surface area contributed by atoms with Crippen molar-refractivity contribution in [2.45, 2.75) is 46.5 Å². The molecule has 0 atom stereocenters. The molecule has 0 saturated heterocycles. The molecule has 0 amide bonds. The van der Waals surface area contributed by atoms with E-state index in [9.17, 15) is 0 Å². The number of methoxy groups -OCH3 is 2. The number of anilines is 1. The summed E-state index contributed by atoms with van der Waals surface area (Å²) in [5.74, 6) is 1.65. The van der Waals surface area contributed by atoms with E-state index in [0.717, 1.165) is 41.2 Å². The maximum Gasteiger partial charge on any atom is 0.145 e. The van der Waals surface area contributed by atoms with Gasteiger partial charge < -0.3 is 14.4 Å². The van der Waals surface area contributed by atoms with Gasteiger partial charge in [-0.05, 0) is 38.0 Å². The predicted molar refractivity (Wildman–Crippen MR) is 102 cm³/mol. The highest BCUT2D eigenvalue weighted by atomic mass is 16.5. The summed E-state index contributed by atoms with van der Waals surface area (Å²) in [5, 5.41) is 1.05. The summed E-state index contributed by atoms with van der Waals surface area (Å²) in [6.07, 6.45) is 4.73. The Bertz CT molecular complexity index is 662. The number of aryl methyl sites for hydroxylation is 1. The lowest BCUT2D eigenvalue weighted by molar-refractivity contribution is 0.409. The Morgan fingerprint density at radius 2 is 1.54 bits per heavy atom. The molecule has 4 heteroatoms. The summed E-state index contributed by atoms with van der Waals surface area (Å²) in [5.41, 5.74) is 3.09. The van der Waals surface area contributed by atoms with Crippen LogP contribution in [0.5, 0.6) is 11.5 Å². The smallest absolute Gasteiger partial charge is 0.145 e. The first-order valence-corrected chi connectivity index (χ1v) is 8.93. The van der Waals surface area contributed by atoms with Crippen LogP contribution in [0.25, 0.3) is 10.9 Å². The monoisotopic (exact) mass is 330 g/mol. The fourth-order valence-corrected chi connectivity index (χ4v) is 3.03. The first-order chi connectivity index (χ1) is 11.7. The van der Waals surface area contributed by atoms with Gasteiger partial charge in [-0.2, -0.15) is 0 Å². The number of benzene rings is 1. The van der Waals surface area contributed by atoms with Crippen LogP contribution in [0.2, 0.25) is 0 Å². The third kappa shape index (κ3) is 3.92. The zero-order valence-electron chi connectivity index (χ0n) is 15.7. The minimum absolute atomic E-state index is 0.793. The molecule has 0 aliphatic heterocycles. The van der Waals surface area contributed by atoms with Gasteiger partial charge in [0.15, 0.2) is 0 Å². The van der Waals surface area contributed by atoms with E-state index in [-0.39, 0.29) is 0 Å². The molecule has 0 saturated carbocycles. The van der Waals surface area contributed by atoms with Gasteiger partial charge in [-0.3, -0.25) is 0 Å². The van der Waals surface area contributed by atoms with Gasteiger partial charge in [0.05, 0.1) is 25.3 Å². The average Bonchev–Trinajstić information content (AvgIpc) is 2.60. The molecule has 1 heterocycles. The maximum atomic E-state index is 5.64. The largest absolute Gasteiger partial charge is 0.496 e. The number of nitrogens with zero attached hydrogens (tertiary/aromatic N) is 2. The van der Waals surface area contributed by atoms with Gasteiger partial charge in [0.25, 0.3) is 0 Å². The molecule has 0 unspecified atom stereocenters. The van der Waals surface area contributed by atoms with Crippen LogP contribution in [0.15, 0.2) is 18.2 Å². The Hall–Kier alpha value is -1.97. The third-order valence-corrected chi connectivity index (χ3v) is 4.34. The number of unbranched alkanes of at least 4 members (excludes halogenated alkanes) is 2. The molecular weight excluding hydrogens is 300 g/mol. The molecule has 1 aromatic heterocycles. The fraction of sp³-hybridized carbons (Fsp3) is 0.550. The molecule has 0 bridgehead atoms. The normalized spacial score (nSPS) is 10.9. The first-order valence-electron chi connectivity index (χ1n) is 8.93. The Balaban J connectivity index is 2.64. The van der Waals surface area contributed by atoms with Crippen LogP contribution in [-0.2, 0) is 0 Å². The highest BCUT2D eigenvalue weighted by Crippen LogP contribution is 2.39. The van der Waals surface area contributed by atoms with Crippen molar-refractivity contribution >= 4 is 16.6 Å². The van der Waals surface area contributed by atoms with E-state index >= 15 is 0 Å². The van der Waals surface area contributed by atoms with Crippen molar-refractivity contribution in [3.05, 3.63) is 23.9 Å². The summed E-state index contributed by atoms with van der Waals surface area (Å²) in [4.78, 5) is 7.21. The molecule has 0 aliphatic rings. The minimum Gasteiger partial charge on any atom is -0.496 e. The molecule has 132 valence electrons. The number of hydrogen-bond donors (Lipinski definition) is 0. The van der Waals surface area contributed by atoms with Crippen LogP contribution in [0, 0.1) is 6.92 Å². The van der Waals surface area contributed by atoms with Crippen LogP contribution >= 0.6 is 0 Å². The number of rotatable bonds is 9. The molecule has 4 nitrogen and oxygen atoms in total. The number of fused-ring (bicyclic) bond motifs is 1. The summed E-state index contributed by atoms with van der Waals surface area (Å²) in [7, 11) is 3.41. The molecule has 2 aromatic rings. The van der Waals surface area contributed by atoms with E-state index < -0.39 is 0 Å². The Kier molecular flexibility index (Phi) is 6.71. The highest BCUT2D eigenvalue weighted by Gasteiger charge is 2.18. The van der Waals surface area contributed by atoms with Gasteiger partial charge in [0, 0.05) is 18.8 Å². The zero-order chi connectivity index (χ0) is 17.5. The predicted octanol–water partition coefficient (Wildman–Crippen LogP) is 4.97. The maximum absolute atomic E-state index is 5.64. The summed E-state index contributed by atoms with van der Waals surface area (Å²) >= 11 is 0. The van der Waals surface area contributed by atoms with E-state index in [4.69, 9.17) is 14.5 Å². The second kappa shape index (κ2) is 8.76. The molecule has 2 rings (SSSR count). The van der Waals surface area contributed by atoms with E-state index in [1.54, 1.807) is 14.2 Å². The SMILES string of the molecule is CCCCN(CCCC)c1cc(C)nc2c(OC)ccc(OC)c12. The van der Waals surface area contributed by atoms with E-state index in [1.165, 1.54) is 31.4 Å². The topological polar surface area (TPSA) is 34.6 Å². The summed E-state index contributed by atoms with van der Waals surface area (Å²) < 4.78 is 11.2. The van der Waals surface area contributed by atoms with Crippen LogP contribution < -0.4 is 14.4 Å². The molecule has 0 N–H and O–H groups in total. The van der Waals surface area contributed by atoms with Gasteiger partial charge in [0.1, 0.15) is 17.0 Å².